The predicted octanol–water partition coefficient (Wildman–Crippen LogP) is 2.50. The molecule has 1 heterocycles. The zero-order chi connectivity index (χ0) is 14.7. The van der Waals surface area contributed by atoms with Crippen molar-refractivity contribution in [3.63, 3.8) is 0 Å². The molecule has 0 unspecified atom stereocenters. The van der Waals surface area contributed by atoms with Crippen molar-refractivity contribution < 1.29 is 0 Å². The molecule has 5 nitrogen and oxygen atoms in total. The molecule has 5 heteroatoms. The van der Waals surface area contributed by atoms with Crippen LogP contribution >= 0.6 is 0 Å². The first-order chi connectivity index (χ1) is 10.2. The highest BCUT2D eigenvalue weighted by molar-refractivity contribution is 5.30. The second kappa shape index (κ2) is 5.93. The van der Waals surface area contributed by atoms with Gasteiger partial charge in [-0.25, -0.2) is 0 Å². The maximum absolute atomic E-state index is 6.61. The predicted molar refractivity (Wildman–Crippen MR) is 82.0 cm³/mol. The lowest BCUT2D eigenvalue weighted by Gasteiger charge is -2.36. The summed E-state index contributed by atoms with van der Waals surface area (Å²) in [6.45, 7) is 2.27. The standard InChI is InChI=1S/C16H23N5/c1-2-13-8-10-16(17,11-9-13)12-15-18-19-20-21(15)14-6-4-3-5-7-14/h3-7,13H,2,8-12,17H2,1H3. The smallest absolute Gasteiger partial charge is 0.158 e. The van der Waals surface area contributed by atoms with E-state index < -0.39 is 0 Å². The van der Waals surface area contributed by atoms with Crippen LogP contribution in [0.5, 0.6) is 0 Å². The van der Waals surface area contributed by atoms with Crippen molar-refractivity contribution in [1.29, 1.82) is 0 Å². The van der Waals surface area contributed by atoms with Gasteiger partial charge in [0.25, 0.3) is 0 Å². The topological polar surface area (TPSA) is 69.6 Å². The highest BCUT2D eigenvalue weighted by Gasteiger charge is 2.33. The third-order valence-corrected chi connectivity index (χ3v) is 4.72. The Morgan fingerprint density at radius 2 is 1.95 bits per heavy atom. The lowest BCUT2D eigenvalue weighted by Crippen LogP contribution is -2.45. The van der Waals surface area contributed by atoms with Gasteiger partial charge < -0.3 is 5.73 Å². The minimum Gasteiger partial charge on any atom is -0.325 e. The Labute approximate surface area is 125 Å². The summed E-state index contributed by atoms with van der Waals surface area (Å²) < 4.78 is 1.81. The van der Waals surface area contributed by atoms with Crippen LogP contribution in [0.2, 0.25) is 0 Å². The van der Waals surface area contributed by atoms with E-state index in [1.165, 1.54) is 19.3 Å². The Hall–Kier alpha value is -1.75. The van der Waals surface area contributed by atoms with Crippen LogP contribution in [0.1, 0.15) is 44.9 Å². The maximum atomic E-state index is 6.61. The van der Waals surface area contributed by atoms with E-state index in [2.05, 4.69) is 22.4 Å². The van der Waals surface area contributed by atoms with E-state index in [-0.39, 0.29) is 5.54 Å². The van der Waals surface area contributed by atoms with Gasteiger partial charge in [0.1, 0.15) is 0 Å². The summed E-state index contributed by atoms with van der Waals surface area (Å²) in [7, 11) is 0. The van der Waals surface area contributed by atoms with E-state index in [9.17, 15) is 0 Å². The van der Waals surface area contributed by atoms with Gasteiger partial charge in [-0.15, -0.1) is 5.10 Å². The van der Waals surface area contributed by atoms with Crippen molar-refractivity contribution in [1.82, 2.24) is 20.2 Å². The molecule has 1 aliphatic rings. The number of hydrogen-bond donors (Lipinski definition) is 1. The number of benzene rings is 1. The molecule has 0 aliphatic heterocycles. The monoisotopic (exact) mass is 285 g/mol. The van der Waals surface area contributed by atoms with Crippen LogP contribution in [-0.2, 0) is 6.42 Å². The minimum atomic E-state index is -0.160. The summed E-state index contributed by atoms with van der Waals surface area (Å²) in [6, 6.07) is 10.00. The summed E-state index contributed by atoms with van der Waals surface area (Å²) in [6.07, 6.45) is 6.57. The molecule has 21 heavy (non-hydrogen) atoms. The van der Waals surface area contributed by atoms with Gasteiger partial charge in [0.15, 0.2) is 5.82 Å². The molecule has 0 atom stereocenters. The van der Waals surface area contributed by atoms with Crippen LogP contribution in [0.3, 0.4) is 0 Å². The number of para-hydroxylation sites is 1. The van der Waals surface area contributed by atoms with Crippen LogP contribution < -0.4 is 5.73 Å². The van der Waals surface area contributed by atoms with Gasteiger partial charge in [-0.3, -0.25) is 0 Å². The molecular weight excluding hydrogens is 262 g/mol. The van der Waals surface area contributed by atoms with Crippen molar-refractivity contribution in [3.8, 4) is 5.69 Å². The Bertz CT molecular complexity index is 569. The molecule has 2 aromatic rings. The Morgan fingerprint density at radius 1 is 1.24 bits per heavy atom. The van der Waals surface area contributed by atoms with E-state index in [0.29, 0.717) is 0 Å². The van der Waals surface area contributed by atoms with Crippen LogP contribution in [0.15, 0.2) is 30.3 Å². The maximum Gasteiger partial charge on any atom is 0.158 e. The summed E-state index contributed by atoms with van der Waals surface area (Å²) in [5, 5.41) is 12.1. The van der Waals surface area contributed by atoms with E-state index >= 15 is 0 Å². The molecule has 0 amide bonds. The fraction of sp³-hybridized carbons (Fsp3) is 0.562. The van der Waals surface area contributed by atoms with Crippen molar-refractivity contribution >= 4 is 0 Å². The Morgan fingerprint density at radius 3 is 2.62 bits per heavy atom. The zero-order valence-electron chi connectivity index (χ0n) is 12.6. The quantitative estimate of drug-likeness (QED) is 0.937. The molecule has 1 saturated carbocycles. The number of nitrogens with two attached hydrogens (primary N) is 1. The number of rotatable bonds is 4. The fourth-order valence-corrected chi connectivity index (χ4v) is 3.24. The molecular formula is C16H23N5. The molecule has 0 saturated heterocycles. The van der Waals surface area contributed by atoms with Crippen LogP contribution in [0, 0.1) is 5.92 Å². The molecule has 0 radical (unpaired) electrons. The highest BCUT2D eigenvalue weighted by Crippen LogP contribution is 2.34. The normalized spacial score (nSPS) is 25.9. The molecule has 1 fully saturated rings. The summed E-state index contributed by atoms with van der Waals surface area (Å²) in [5.74, 6) is 1.70. The summed E-state index contributed by atoms with van der Waals surface area (Å²) >= 11 is 0. The van der Waals surface area contributed by atoms with Crippen LogP contribution in [0.25, 0.3) is 5.69 Å². The van der Waals surface area contributed by atoms with Crippen molar-refractivity contribution in [2.75, 3.05) is 0 Å². The largest absolute Gasteiger partial charge is 0.325 e. The Kier molecular flexibility index (Phi) is 4.01. The highest BCUT2D eigenvalue weighted by atomic mass is 15.5. The van der Waals surface area contributed by atoms with E-state index in [1.807, 2.05) is 30.3 Å². The van der Waals surface area contributed by atoms with Crippen LogP contribution in [0.4, 0.5) is 0 Å². The molecule has 0 spiro atoms. The van der Waals surface area contributed by atoms with Gasteiger partial charge in [0, 0.05) is 12.0 Å². The molecule has 112 valence electrons. The van der Waals surface area contributed by atoms with Crippen LogP contribution in [-0.4, -0.2) is 25.7 Å². The zero-order valence-corrected chi connectivity index (χ0v) is 12.6. The van der Waals surface area contributed by atoms with Gasteiger partial charge in [0.2, 0.25) is 0 Å². The third kappa shape index (κ3) is 3.13. The minimum absolute atomic E-state index is 0.160. The first-order valence-corrected chi connectivity index (χ1v) is 7.82. The first kappa shape index (κ1) is 14.2. The van der Waals surface area contributed by atoms with Gasteiger partial charge in [-0.2, -0.15) is 4.68 Å². The number of nitrogens with zero attached hydrogens (tertiary/aromatic N) is 4. The summed E-state index contributed by atoms with van der Waals surface area (Å²) in [4.78, 5) is 0. The second-order valence-corrected chi connectivity index (χ2v) is 6.23. The van der Waals surface area contributed by atoms with Crippen molar-refractivity contribution in [3.05, 3.63) is 36.2 Å². The summed E-state index contributed by atoms with van der Waals surface area (Å²) in [5.41, 5.74) is 7.43. The Balaban J connectivity index is 1.76. The third-order valence-electron chi connectivity index (χ3n) is 4.72. The SMILES string of the molecule is CCC1CCC(N)(Cc2nnnn2-c2ccccc2)CC1. The molecule has 2 N–H and O–H groups in total. The molecule has 1 aromatic carbocycles. The number of aromatic nitrogens is 4. The van der Waals surface area contributed by atoms with Crippen molar-refractivity contribution in [2.24, 2.45) is 11.7 Å². The average Bonchev–Trinajstić information content (AvgIpc) is 2.96. The number of hydrogen-bond acceptors (Lipinski definition) is 4. The molecule has 0 bridgehead atoms. The average molecular weight is 285 g/mol. The first-order valence-electron chi connectivity index (χ1n) is 7.82. The fourth-order valence-electron chi connectivity index (χ4n) is 3.24. The lowest BCUT2D eigenvalue weighted by molar-refractivity contribution is 0.225. The van der Waals surface area contributed by atoms with Crippen molar-refractivity contribution in [2.45, 2.75) is 51.0 Å². The van der Waals surface area contributed by atoms with E-state index in [1.54, 1.807) is 4.68 Å². The molecule has 1 aromatic heterocycles. The van der Waals surface area contributed by atoms with Gasteiger partial charge in [-0.1, -0.05) is 31.5 Å². The second-order valence-electron chi connectivity index (χ2n) is 6.23. The van der Waals surface area contributed by atoms with Gasteiger partial charge in [0.05, 0.1) is 5.69 Å². The van der Waals surface area contributed by atoms with Gasteiger partial charge in [-0.05, 0) is 54.2 Å². The molecule has 3 rings (SSSR count). The molecule has 1 aliphatic carbocycles. The van der Waals surface area contributed by atoms with Gasteiger partial charge >= 0.3 is 0 Å². The van der Waals surface area contributed by atoms with E-state index in [0.717, 1.165) is 36.7 Å². The van der Waals surface area contributed by atoms with E-state index in [4.69, 9.17) is 5.73 Å². The lowest BCUT2D eigenvalue weighted by atomic mass is 9.74. The number of tetrazole rings is 1.